The van der Waals surface area contributed by atoms with Gasteiger partial charge in [-0.3, -0.25) is 28.4 Å². The molecule has 0 N–H and O–H groups in total. The van der Waals surface area contributed by atoms with Crippen LogP contribution in [-0.2, 0) is 32.8 Å². The van der Waals surface area contributed by atoms with E-state index in [1.54, 1.807) is 49.6 Å². The topological polar surface area (TPSA) is 132 Å². The molecule has 4 heterocycles. The number of aromatic nitrogens is 4. The molecule has 30 heavy (non-hydrogen) atoms. The van der Waals surface area contributed by atoms with Crippen molar-refractivity contribution in [1.82, 2.24) is 19.9 Å². The molecule has 0 atom stereocenters. The van der Waals surface area contributed by atoms with Crippen molar-refractivity contribution in [3.8, 4) is 0 Å². The molecule has 1 radical (unpaired) electrons. The van der Waals surface area contributed by atoms with E-state index >= 15 is 0 Å². The van der Waals surface area contributed by atoms with Gasteiger partial charge in [-0.2, -0.15) is 0 Å². The van der Waals surface area contributed by atoms with E-state index < -0.39 is 10.4 Å². The second-order valence-corrected chi connectivity index (χ2v) is 5.32. The first-order valence-corrected chi connectivity index (χ1v) is 9.40. The molecule has 10 heteroatoms. The fraction of sp³-hybridized carbons (Fsp3) is 0. The zero-order valence-electron chi connectivity index (χ0n) is 15.7. The number of hydrogen-bond acceptors (Lipinski definition) is 8. The Labute approximate surface area is 192 Å². The molecule has 0 aliphatic rings. The average Bonchev–Trinajstić information content (AvgIpc) is 2.79. The third-order valence-electron chi connectivity index (χ3n) is 2.27. The van der Waals surface area contributed by atoms with E-state index in [4.69, 9.17) is 17.5 Å². The molecule has 0 amide bonds. The summed E-state index contributed by atoms with van der Waals surface area (Å²) in [5.74, 6) is 0. The first kappa shape index (κ1) is 29.4. The Kier molecular flexibility index (Phi) is 22.1. The van der Waals surface area contributed by atoms with Crippen molar-refractivity contribution in [2.75, 3.05) is 0 Å². The maximum atomic E-state index is 8.52. The van der Waals surface area contributed by atoms with Crippen LogP contribution in [0, 0.1) is 0 Å². The number of rotatable bonds is 0. The monoisotopic (exact) mass is 519 g/mol. The number of hydrogen-bond donors (Lipinski definition) is 0. The van der Waals surface area contributed by atoms with Crippen molar-refractivity contribution in [2.24, 2.45) is 0 Å². The zero-order valence-corrected chi connectivity index (χ0v) is 18.0. The smallest absolute Gasteiger partial charge is 0.0311 e. The minimum Gasteiger partial charge on any atom is -0.759 e. The first-order chi connectivity index (χ1) is 14.0. The van der Waals surface area contributed by atoms with Crippen molar-refractivity contribution in [3.05, 3.63) is 122 Å². The zero-order chi connectivity index (χ0) is 21.5. The minimum absolute atomic E-state index is 0. The van der Waals surface area contributed by atoms with E-state index in [1.165, 1.54) is 0 Å². The molecule has 0 saturated carbocycles. The maximum Gasteiger partial charge on any atom is 0.0311 e. The summed E-state index contributed by atoms with van der Waals surface area (Å²) >= 11 is 0. The summed E-state index contributed by atoms with van der Waals surface area (Å²) in [4.78, 5) is 15.1. The number of nitrogens with zero attached hydrogens (tertiary/aromatic N) is 4. The van der Waals surface area contributed by atoms with Gasteiger partial charge in [0.05, 0.1) is 0 Å². The van der Waals surface area contributed by atoms with Crippen molar-refractivity contribution < 1.29 is 39.9 Å². The number of pyridine rings is 4. The van der Waals surface area contributed by atoms with Gasteiger partial charge in [0, 0.05) is 82.4 Å². The predicted molar refractivity (Wildman–Crippen MR) is 107 cm³/mol. The van der Waals surface area contributed by atoms with Crippen molar-refractivity contribution in [2.45, 2.75) is 0 Å². The fourth-order valence-corrected chi connectivity index (χ4v) is 1.25. The normalized spacial score (nSPS) is 8.33. The molecule has 0 bridgehead atoms. The molecule has 4 aromatic heterocycles. The van der Waals surface area contributed by atoms with Gasteiger partial charge in [0.1, 0.15) is 0 Å². The summed E-state index contributed by atoms with van der Waals surface area (Å²) in [5.41, 5.74) is 0. The van der Waals surface area contributed by atoms with E-state index in [0.29, 0.717) is 0 Å². The van der Waals surface area contributed by atoms with Crippen LogP contribution in [0.4, 0.5) is 0 Å². The van der Waals surface area contributed by atoms with Crippen LogP contribution in [0.5, 0.6) is 0 Å². The SMILES string of the molecule is O=S(=O)([O-])[O-].[Ag].c1ccncc1.c1ccncc1.c1ccncc1.c1ccncc1. The van der Waals surface area contributed by atoms with Crippen molar-refractivity contribution in [3.63, 3.8) is 0 Å². The molecule has 0 aliphatic carbocycles. The summed E-state index contributed by atoms with van der Waals surface area (Å²) in [6.45, 7) is 0. The molecule has 0 unspecified atom stereocenters. The molecule has 0 aromatic carbocycles. The van der Waals surface area contributed by atoms with Crippen LogP contribution in [0.1, 0.15) is 0 Å². The molecule has 4 aromatic rings. The standard InChI is InChI=1S/4C5H5N.Ag.H2O4S/c4*1-2-4-6-5-3-1;;1-5(2,3)4/h4*1-5H;;(H2,1,2,3,4)/p-2. The Morgan fingerprint density at radius 3 is 0.567 bits per heavy atom. The summed E-state index contributed by atoms with van der Waals surface area (Å²) in [6.07, 6.45) is 14.0. The van der Waals surface area contributed by atoms with Crippen LogP contribution in [0.25, 0.3) is 0 Å². The van der Waals surface area contributed by atoms with E-state index in [-0.39, 0.29) is 22.4 Å². The second-order valence-electron chi connectivity index (χ2n) is 4.51. The Morgan fingerprint density at radius 2 is 0.533 bits per heavy atom. The van der Waals surface area contributed by atoms with Crippen LogP contribution in [-0.4, -0.2) is 37.5 Å². The molecule has 0 spiro atoms. The molecule has 0 aliphatic heterocycles. The van der Waals surface area contributed by atoms with Gasteiger partial charge in [-0.15, -0.1) is 0 Å². The summed E-state index contributed by atoms with van der Waals surface area (Å²) in [7, 11) is -5.17. The molecule has 4 rings (SSSR count). The van der Waals surface area contributed by atoms with Crippen LogP contribution < -0.4 is 0 Å². The molecule has 0 fully saturated rings. The summed E-state index contributed by atoms with van der Waals surface area (Å²) < 4.78 is 34.1. The average molecular weight is 520 g/mol. The molecular formula is C20H20AgN4O4S-2. The third-order valence-corrected chi connectivity index (χ3v) is 2.27. The minimum atomic E-state index is -5.17. The van der Waals surface area contributed by atoms with Crippen LogP contribution >= 0.6 is 0 Å². The van der Waals surface area contributed by atoms with Crippen LogP contribution in [0.3, 0.4) is 0 Å². The predicted octanol–water partition coefficient (Wildman–Crippen LogP) is 2.99. The third kappa shape index (κ3) is 32.8. The van der Waals surface area contributed by atoms with Crippen LogP contribution in [0.15, 0.2) is 122 Å². The van der Waals surface area contributed by atoms with E-state index in [9.17, 15) is 0 Å². The van der Waals surface area contributed by atoms with E-state index in [2.05, 4.69) is 19.9 Å². The van der Waals surface area contributed by atoms with Gasteiger partial charge in [-0.05, 0) is 48.5 Å². The van der Waals surface area contributed by atoms with Gasteiger partial charge in [0.2, 0.25) is 0 Å². The fourth-order valence-electron chi connectivity index (χ4n) is 1.25. The van der Waals surface area contributed by atoms with Gasteiger partial charge in [0.15, 0.2) is 0 Å². The maximum absolute atomic E-state index is 8.52. The Balaban J connectivity index is 0. The Morgan fingerprint density at radius 1 is 0.400 bits per heavy atom. The first-order valence-electron chi connectivity index (χ1n) is 8.07. The van der Waals surface area contributed by atoms with E-state index in [0.717, 1.165) is 0 Å². The summed E-state index contributed by atoms with van der Waals surface area (Å²) in [5, 5.41) is 0. The van der Waals surface area contributed by atoms with Gasteiger partial charge >= 0.3 is 0 Å². The Hall–Kier alpha value is -2.79. The largest absolute Gasteiger partial charge is 0.759 e. The molecular weight excluding hydrogens is 500 g/mol. The van der Waals surface area contributed by atoms with Gasteiger partial charge in [0.25, 0.3) is 0 Å². The van der Waals surface area contributed by atoms with Gasteiger partial charge in [-0.1, -0.05) is 24.3 Å². The van der Waals surface area contributed by atoms with Gasteiger partial charge < -0.3 is 9.11 Å². The quantitative estimate of drug-likeness (QED) is 0.196. The molecule has 0 saturated heterocycles. The Bertz CT molecular complexity index is 652. The van der Waals surface area contributed by atoms with Gasteiger partial charge in [-0.25, -0.2) is 0 Å². The van der Waals surface area contributed by atoms with Crippen molar-refractivity contribution in [1.29, 1.82) is 0 Å². The second kappa shape index (κ2) is 22.5. The molecule has 163 valence electrons. The van der Waals surface area contributed by atoms with Crippen LogP contribution in [0.2, 0.25) is 0 Å². The van der Waals surface area contributed by atoms with Crippen molar-refractivity contribution >= 4 is 10.4 Å². The van der Waals surface area contributed by atoms with E-state index in [1.807, 2.05) is 72.8 Å². The molecule has 8 nitrogen and oxygen atoms in total. The summed E-state index contributed by atoms with van der Waals surface area (Å²) in [6, 6.07) is 22.9.